The standard InChI is InChI=1S/C34H39N5O4S/c1-6-8-19-44-34-37-33-35-23(4)30(32(40)36-26-11-9-10-12-27(26)42-7-2)31(39(33)38-34)25-17-18-28(29(20-25)41-5)43-21-24-15-13-22(3)14-16-24/h9-18,20,31H,6-8,19,21H2,1-5H3,(H,36,40)(H,35,37,38). The van der Waals surface area contributed by atoms with Gasteiger partial charge in [-0.2, -0.15) is 4.98 Å². The molecule has 1 unspecified atom stereocenters. The fourth-order valence-electron chi connectivity index (χ4n) is 4.96. The van der Waals surface area contributed by atoms with Crippen LogP contribution in [0.1, 0.15) is 56.3 Å². The molecule has 1 aromatic heterocycles. The summed E-state index contributed by atoms with van der Waals surface area (Å²) in [6.07, 6.45) is 2.16. The molecule has 1 atom stereocenters. The van der Waals surface area contributed by atoms with Crippen LogP contribution >= 0.6 is 11.8 Å². The Kier molecular flexibility index (Phi) is 10.1. The minimum Gasteiger partial charge on any atom is -0.493 e. The van der Waals surface area contributed by atoms with E-state index in [-0.39, 0.29) is 5.91 Å². The fraction of sp³-hybridized carbons (Fsp3) is 0.324. The molecule has 9 nitrogen and oxygen atoms in total. The zero-order valence-corrected chi connectivity index (χ0v) is 26.7. The van der Waals surface area contributed by atoms with Crippen LogP contribution in [0.4, 0.5) is 11.6 Å². The van der Waals surface area contributed by atoms with Crippen LogP contribution in [-0.4, -0.2) is 40.1 Å². The Bertz CT molecular complexity index is 1630. The zero-order chi connectivity index (χ0) is 31.1. The molecule has 2 N–H and O–H groups in total. The first-order valence-corrected chi connectivity index (χ1v) is 15.9. The van der Waals surface area contributed by atoms with E-state index in [1.165, 1.54) is 5.56 Å². The summed E-state index contributed by atoms with van der Waals surface area (Å²) >= 11 is 1.61. The number of para-hydroxylation sites is 2. The number of ether oxygens (including phenoxy) is 3. The summed E-state index contributed by atoms with van der Waals surface area (Å²) in [5.41, 5.74) is 4.85. The van der Waals surface area contributed by atoms with Crippen molar-refractivity contribution in [3.8, 4) is 17.2 Å². The van der Waals surface area contributed by atoms with Crippen molar-refractivity contribution in [1.29, 1.82) is 0 Å². The number of anilines is 2. The Morgan fingerprint density at radius 3 is 2.55 bits per heavy atom. The molecule has 230 valence electrons. The Labute approximate surface area is 263 Å². The number of nitrogens with one attached hydrogen (secondary N) is 2. The lowest BCUT2D eigenvalue weighted by molar-refractivity contribution is -0.113. The lowest BCUT2D eigenvalue weighted by atomic mass is 9.94. The second kappa shape index (κ2) is 14.4. The summed E-state index contributed by atoms with van der Waals surface area (Å²) < 4.78 is 19.5. The molecule has 0 fully saturated rings. The molecule has 0 saturated heterocycles. The molecule has 5 rings (SSSR count). The topological polar surface area (TPSA) is 99.5 Å². The number of aromatic nitrogens is 3. The zero-order valence-electron chi connectivity index (χ0n) is 25.8. The van der Waals surface area contributed by atoms with Crippen molar-refractivity contribution in [3.63, 3.8) is 0 Å². The maximum atomic E-state index is 14.1. The molecule has 2 heterocycles. The molecule has 44 heavy (non-hydrogen) atoms. The average Bonchev–Trinajstić information content (AvgIpc) is 3.43. The van der Waals surface area contributed by atoms with Crippen LogP contribution < -0.4 is 24.8 Å². The minimum absolute atomic E-state index is 0.271. The number of thioether (sulfide) groups is 1. The Hall–Kier alpha value is -4.44. The highest BCUT2D eigenvalue weighted by atomic mass is 32.2. The van der Waals surface area contributed by atoms with E-state index in [2.05, 4.69) is 48.7 Å². The second-order valence-electron chi connectivity index (χ2n) is 10.5. The number of rotatable bonds is 13. The average molecular weight is 614 g/mol. The van der Waals surface area contributed by atoms with Crippen molar-refractivity contribution in [2.24, 2.45) is 0 Å². The SMILES string of the molecule is CCCCSc1nc2n(n1)C(c1ccc(OCc3ccc(C)cc3)c(OC)c1)C(C(=O)Nc1ccccc1OCC)=C(C)N2. The van der Waals surface area contributed by atoms with Gasteiger partial charge in [-0.3, -0.25) is 4.79 Å². The van der Waals surface area contributed by atoms with Gasteiger partial charge in [0.1, 0.15) is 18.4 Å². The Morgan fingerprint density at radius 2 is 1.80 bits per heavy atom. The number of fused-ring (bicyclic) bond motifs is 1. The molecule has 0 aliphatic carbocycles. The number of carbonyl (C=O) groups excluding carboxylic acids is 1. The number of carbonyl (C=O) groups is 1. The molecular weight excluding hydrogens is 574 g/mol. The highest BCUT2D eigenvalue weighted by molar-refractivity contribution is 7.99. The van der Waals surface area contributed by atoms with Gasteiger partial charge in [-0.15, -0.1) is 5.10 Å². The van der Waals surface area contributed by atoms with Gasteiger partial charge >= 0.3 is 0 Å². The summed E-state index contributed by atoms with van der Waals surface area (Å²) in [4.78, 5) is 18.8. The molecular formula is C34H39N5O4S. The quantitative estimate of drug-likeness (QED) is 0.119. The third kappa shape index (κ3) is 7.02. The van der Waals surface area contributed by atoms with Crippen LogP contribution in [0.15, 0.2) is 83.2 Å². The number of aryl methyl sites for hydroxylation is 1. The van der Waals surface area contributed by atoms with Crippen molar-refractivity contribution in [1.82, 2.24) is 14.8 Å². The summed E-state index contributed by atoms with van der Waals surface area (Å²) in [6, 6.07) is 20.8. The Morgan fingerprint density at radius 1 is 1.00 bits per heavy atom. The van der Waals surface area contributed by atoms with Gasteiger partial charge < -0.3 is 24.8 Å². The smallest absolute Gasteiger partial charge is 0.255 e. The van der Waals surface area contributed by atoms with E-state index in [1.54, 1.807) is 23.6 Å². The third-order valence-electron chi connectivity index (χ3n) is 7.26. The number of hydrogen-bond donors (Lipinski definition) is 2. The van der Waals surface area contributed by atoms with Crippen LogP contribution in [0.2, 0.25) is 0 Å². The number of allylic oxidation sites excluding steroid dienone is 1. The van der Waals surface area contributed by atoms with Crippen molar-refractivity contribution in [2.75, 3.05) is 30.1 Å². The van der Waals surface area contributed by atoms with Gasteiger partial charge in [-0.25, -0.2) is 4.68 Å². The molecule has 4 aromatic rings. The molecule has 1 aliphatic heterocycles. The summed E-state index contributed by atoms with van der Waals surface area (Å²) in [5, 5.41) is 11.9. The maximum Gasteiger partial charge on any atom is 0.255 e. The molecule has 0 radical (unpaired) electrons. The van der Waals surface area contributed by atoms with E-state index in [0.717, 1.165) is 29.7 Å². The van der Waals surface area contributed by atoms with E-state index in [4.69, 9.17) is 24.3 Å². The molecule has 0 bridgehead atoms. The Balaban J connectivity index is 1.50. The molecule has 10 heteroatoms. The second-order valence-corrected chi connectivity index (χ2v) is 11.6. The third-order valence-corrected chi connectivity index (χ3v) is 8.18. The lowest BCUT2D eigenvalue weighted by Gasteiger charge is -2.29. The lowest BCUT2D eigenvalue weighted by Crippen LogP contribution is -2.31. The first-order valence-electron chi connectivity index (χ1n) is 14.9. The van der Waals surface area contributed by atoms with Crippen molar-refractivity contribution in [2.45, 2.75) is 58.3 Å². The minimum atomic E-state index is -0.571. The van der Waals surface area contributed by atoms with Gasteiger partial charge in [0.2, 0.25) is 11.1 Å². The van der Waals surface area contributed by atoms with E-state index >= 15 is 0 Å². The van der Waals surface area contributed by atoms with Gasteiger partial charge in [0.25, 0.3) is 5.91 Å². The van der Waals surface area contributed by atoms with Crippen LogP contribution in [0.25, 0.3) is 0 Å². The summed E-state index contributed by atoms with van der Waals surface area (Å²) in [6.45, 7) is 8.90. The molecule has 0 spiro atoms. The van der Waals surface area contributed by atoms with Crippen LogP contribution in [0, 0.1) is 6.92 Å². The van der Waals surface area contributed by atoms with Crippen molar-refractivity contribution >= 4 is 29.3 Å². The van der Waals surface area contributed by atoms with E-state index < -0.39 is 6.04 Å². The normalized spacial score (nSPS) is 14.1. The van der Waals surface area contributed by atoms with Gasteiger partial charge in [0.05, 0.1) is 25.0 Å². The van der Waals surface area contributed by atoms with Gasteiger partial charge in [0.15, 0.2) is 11.5 Å². The number of unbranched alkanes of at least 4 members (excludes halogenated alkanes) is 1. The highest BCUT2D eigenvalue weighted by Gasteiger charge is 2.35. The highest BCUT2D eigenvalue weighted by Crippen LogP contribution is 2.40. The van der Waals surface area contributed by atoms with Crippen molar-refractivity contribution < 1.29 is 19.0 Å². The number of amides is 1. The predicted molar refractivity (Wildman–Crippen MR) is 175 cm³/mol. The number of methoxy groups -OCH3 is 1. The van der Waals surface area contributed by atoms with Gasteiger partial charge in [0, 0.05) is 11.4 Å². The summed E-state index contributed by atoms with van der Waals surface area (Å²) in [7, 11) is 1.61. The van der Waals surface area contributed by atoms with Crippen molar-refractivity contribution in [3.05, 3.63) is 94.7 Å². The molecule has 0 saturated carbocycles. The predicted octanol–water partition coefficient (Wildman–Crippen LogP) is 7.39. The molecule has 1 aliphatic rings. The van der Waals surface area contributed by atoms with Crippen LogP contribution in [0.3, 0.4) is 0 Å². The van der Waals surface area contributed by atoms with Crippen LogP contribution in [0.5, 0.6) is 17.2 Å². The van der Waals surface area contributed by atoms with Crippen LogP contribution in [-0.2, 0) is 11.4 Å². The molecule has 1 amide bonds. The molecule has 3 aromatic carbocycles. The van der Waals surface area contributed by atoms with E-state index in [9.17, 15) is 4.79 Å². The largest absolute Gasteiger partial charge is 0.493 e. The number of nitrogens with zero attached hydrogens (tertiary/aromatic N) is 3. The first-order chi connectivity index (χ1) is 21.4. The van der Waals surface area contributed by atoms with E-state index in [1.807, 2.05) is 56.3 Å². The first kappa shape index (κ1) is 31.0. The van der Waals surface area contributed by atoms with E-state index in [0.29, 0.717) is 58.5 Å². The monoisotopic (exact) mass is 613 g/mol. The fourth-order valence-corrected chi connectivity index (χ4v) is 5.87. The summed E-state index contributed by atoms with van der Waals surface area (Å²) in [5.74, 6) is 3.00. The maximum absolute atomic E-state index is 14.1. The van der Waals surface area contributed by atoms with Gasteiger partial charge in [-0.1, -0.05) is 73.1 Å². The van der Waals surface area contributed by atoms with Gasteiger partial charge in [-0.05, 0) is 62.6 Å². The number of hydrogen-bond acceptors (Lipinski definition) is 8. The number of benzene rings is 3.